The smallest absolute Gasteiger partial charge is 0.331 e. The molecule has 0 heterocycles. The molecular formula is C14H27NO2. The summed E-state index contributed by atoms with van der Waals surface area (Å²) in [6.07, 6.45) is 6.26. The molecule has 0 radical (unpaired) electrons. The molecule has 1 unspecified atom stereocenters. The Morgan fingerprint density at radius 2 is 1.88 bits per heavy atom. The Hall–Kier alpha value is -0.830. The first kappa shape index (κ1) is 16.2. The van der Waals surface area contributed by atoms with Crippen molar-refractivity contribution in [3.05, 3.63) is 12.2 Å². The topological polar surface area (TPSA) is 29.5 Å². The number of hydrogen-bond donors (Lipinski definition) is 0. The van der Waals surface area contributed by atoms with Crippen molar-refractivity contribution in [1.29, 1.82) is 0 Å². The molecule has 0 aromatic heterocycles. The number of ether oxygens (including phenoxy) is 1. The zero-order valence-corrected chi connectivity index (χ0v) is 11.9. The summed E-state index contributed by atoms with van der Waals surface area (Å²) < 4.78 is 5.39. The molecule has 17 heavy (non-hydrogen) atoms. The van der Waals surface area contributed by atoms with Crippen LogP contribution in [-0.4, -0.2) is 29.7 Å². The molecule has 1 atom stereocenters. The van der Waals surface area contributed by atoms with Crippen LogP contribution in [0.3, 0.4) is 0 Å². The summed E-state index contributed by atoms with van der Waals surface area (Å²) in [4.78, 5) is 13.7. The summed E-state index contributed by atoms with van der Waals surface area (Å²) >= 11 is 0. The highest BCUT2D eigenvalue weighted by molar-refractivity contribution is 5.81. The molecule has 0 N–H and O–H groups in total. The highest BCUT2D eigenvalue weighted by Gasteiger charge is 2.22. The van der Waals surface area contributed by atoms with Crippen LogP contribution >= 0.6 is 0 Å². The number of allylic oxidation sites excluding steroid dienone is 1. The van der Waals surface area contributed by atoms with E-state index in [1.54, 1.807) is 6.08 Å². The highest BCUT2D eigenvalue weighted by Crippen LogP contribution is 2.14. The first-order valence-electron chi connectivity index (χ1n) is 6.69. The summed E-state index contributed by atoms with van der Waals surface area (Å²) in [5.41, 5.74) is 0. The summed E-state index contributed by atoms with van der Waals surface area (Å²) in [7, 11) is 0. The van der Waals surface area contributed by atoms with Gasteiger partial charge in [0.05, 0.1) is 0 Å². The average molecular weight is 241 g/mol. The maximum absolute atomic E-state index is 11.4. The van der Waals surface area contributed by atoms with Crippen molar-refractivity contribution in [2.45, 2.75) is 66.2 Å². The molecule has 3 heteroatoms. The fourth-order valence-electron chi connectivity index (χ4n) is 2.09. The molecule has 0 bridgehead atoms. The molecular weight excluding hydrogens is 214 g/mol. The van der Waals surface area contributed by atoms with E-state index in [0.717, 1.165) is 25.8 Å². The molecule has 0 aliphatic carbocycles. The third-order valence-electron chi connectivity index (χ3n) is 2.95. The Morgan fingerprint density at radius 1 is 1.29 bits per heavy atom. The lowest BCUT2D eigenvalue weighted by atomic mass is 10.1. The van der Waals surface area contributed by atoms with Crippen LogP contribution in [0.5, 0.6) is 0 Å². The van der Waals surface area contributed by atoms with E-state index in [4.69, 9.17) is 4.74 Å². The van der Waals surface area contributed by atoms with E-state index >= 15 is 0 Å². The van der Waals surface area contributed by atoms with Gasteiger partial charge in [0.1, 0.15) is 0 Å². The van der Waals surface area contributed by atoms with Crippen LogP contribution in [0.25, 0.3) is 0 Å². The lowest BCUT2D eigenvalue weighted by Gasteiger charge is -2.34. The van der Waals surface area contributed by atoms with Crippen LogP contribution in [0, 0.1) is 0 Å². The van der Waals surface area contributed by atoms with Gasteiger partial charge in [-0.2, -0.15) is 0 Å². The van der Waals surface area contributed by atoms with Gasteiger partial charge in [-0.3, -0.25) is 4.90 Å². The molecule has 100 valence electrons. The minimum Gasteiger partial charge on any atom is -0.443 e. The van der Waals surface area contributed by atoms with Crippen molar-refractivity contribution >= 4 is 5.97 Å². The molecule has 0 spiro atoms. The van der Waals surface area contributed by atoms with Crippen molar-refractivity contribution in [2.24, 2.45) is 0 Å². The molecule has 0 aromatic rings. The summed E-state index contributed by atoms with van der Waals surface area (Å²) in [5.74, 6) is -0.257. The Labute approximate surface area is 106 Å². The molecule has 0 aromatic carbocycles. The fraction of sp³-hybridized carbons (Fsp3) is 0.786. The molecule has 0 aliphatic rings. The third-order valence-corrected chi connectivity index (χ3v) is 2.95. The van der Waals surface area contributed by atoms with Gasteiger partial charge in [-0.25, -0.2) is 4.79 Å². The minimum atomic E-state index is -0.257. The molecule has 0 aliphatic heterocycles. The Balaban J connectivity index is 4.51. The van der Waals surface area contributed by atoms with E-state index in [-0.39, 0.29) is 12.2 Å². The van der Waals surface area contributed by atoms with Crippen molar-refractivity contribution in [2.75, 3.05) is 6.54 Å². The lowest BCUT2D eigenvalue weighted by Crippen LogP contribution is -2.43. The first-order chi connectivity index (χ1) is 8.10. The van der Waals surface area contributed by atoms with Gasteiger partial charge in [0, 0.05) is 18.7 Å². The van der Waals surface area contributed by atoms with Gasteiger partial charge in [-0.05, 0) is 33.1 Å². The maximum Gasteiger partial charge on any atom is 0.331 e. The molecule has 0 fully saturated rings. The van der Waals surface area contributed by atoms with Crippen LogP contribution in [0.1, 0.15) is 53.9 Å². The van der Waals surface area contributed by atoms with Crippen molar-refractivity contribution < 1.29 is 9.53 Å². The second kappa shape index (κ2) is 9.23. The normalized spacial score (nSPS) is 13.6. The summed E-state index contributed by atoms with van der Waals surface area (Å²) in [6.45, 7) is 11.2. The predicted octanol–water partition coefficient (Wildman–Crippen LogP) is 3.35. The summed E-state index contributed by atoms with van der Waals surface area (Å²) in [5, 5.41) is 0. The number of rotatable bonds is 8. The fourth-order valence-corrected chi connectivity index (χ4v) is 2.09. The van der Waals surface area contributed by atoms with E-state index in [0.29, 0.717) is 6.04 Å². The van der Waals surface area contributed by atoms with Gasteiger partial charge >= 0.3 is 5.97 Å². The third kappa shape index (κ3) is 5.87. The van der Waals surface area contributed by atoms with Gasteiger partial charge < -0.3 is 4.74 Å². The van der Waals surface area contributed by atoms with Gasteiger partial charge in [0.25, 0.3) is 0 Å². The monoisotopic (exact) mass is 241 g/mol. The molecule has 0 saturated heterocycles. The quantitative estimate of drug-likeness (QED) is 0.371. The molecule has 0 rings (SSSR count). The number of nitrogens with zero attached hydrogens (tertiary/aromatic N) is 1. The lowest BCUT2D eigenvalue weighted by molar-refractivity contribution is -0.154. The van der Waals surface area contributed by atoms with E-state index in [1.165, 1.54) is 6.08 Å². The SMILES string of the molecule is C/C=C/C(=O)OC(C)N(CCC)C(CC)CC. The van der Waals surface area contributed by atoms with E-state index < -0.39 is 0 Å². The van der Waals surface area contributed by atoms with Crippen LogP contribution < -0.4 is 0 Å². The van der Waals surface area contributed by atoms with Gasteiger partial charge in [-0.1, -0.05) is 26.8 Å². The first-order valence-corrected chi connectivity index (χ1v) is 6.69. The van der Waals surface area contributed by atoms with Crippen molar-refractivity contribution in [1.82, 2.24) is 4.90 Å². The van der Waals surface area contributed by atoms with Crippen molar-refractivity contribution in [3.63, 3.8) is 0 Å². The van der Waals surface area contributed by atoms with Gasteiger partial charge in [-0.15, -0.1) is 0 Å². The second-order valence-corrected chi connectivity index (χ2v) is 4.24. The number of carbonyl (C=O) groups excluding carboxylic acids is 1. The molecule has 3 nitrogen and oxygen atoms in total. The largest absolute Gasteiger partial charge is 0.443 e. The Morgan fingerprint density at radius 3 is 2.29 bits per heavy atom. The molecule has 0 saturated carbocycles. The van der Waals surface area contributed by atoms with Crippen molar-refractivity contribution in [3.8, 4) is 0 Å². The number of carbonyl (C=O) groups is 1. The Bertz CT molecular complexity index is 234. The standard InChI is InChI=1S/C14H27NO2/c1-6-10-14(16)17-12(5)15(11-7-2)13(8-3)9-4/h6,10,12-13H,7-9,11H2,1-5H3/b10-6+. The maximum atomic E-state index is 11.4. The second-order valence-electron chi connectivity index (χ2n) is 4.24. The van der Waals surface area contributed by atoms with E-state index in [1.807, 2.05) is 13.8 Å². The molecule has 0 amide bonds. The van der Waals surface area contributed by atoms with Crippen LogP contribution in [0.2, 0.25) is 0 Å². The van der Waals surface area contributed by atoms with E-state index in [9.17, 15) is 4.79 Å². The van der Waals surface area contributed by atoms with E-state index in [2.05, 4.69) is 25.7 Å². The Kier molecular flexibility index (Phi) is 8.78. The zero-order valence-electron chi connectivity index (χ0n) is 11.9. The van der Waals surface area contributed by atoms with Crippen LogP contribution in [-0.2, 0) is 9.53 Å². The van der Waals surface area contributed by atoms with Crippen LogP contribution in [0.4, 0.5) is 0 Å². The predicted molar refractivity (Wildman–Crippen MR) is 71.7 cm³/mol. The van der Waals surface area contributed by atoms with Gasteiger partial charge in [0.2, 0.25) is 0 Å². The number of esters is 1. The number of hydrogen-bond acceptors (Lipinski definition) is 3. The summed E-state index contributed by atoms with van der Waals surface area (Å²) in [6, 6.07) is 0.489. The van der Waals surface area contributed by atoms with Gasteiger partial charge in [0.15, 0.2) is 6.23 Å². The highest BCUT2D eigenvalue weighted by atomic mass is 16.6. The average Bonchev–Trinajstić information content (AvgIpc) is 2.29. The zero-order chi connectivity index (χ0) is 13.3. The van der Waals surface area contributed by atoms with Crippen LogP contribution in [0.15, 0.2) is 12.2 Å². The minimum absolute atomic E-state index is 0.149.